The van der Waals surface area contributed by atoms with Gasteiger partial charge in [-0.1, -0.05) is 30.3 Å². The second kappa shape index (κ2) is 5.27. The number of aliphatic hydroxyl groups is 1. The number of rotatable bonds is 3. The number of hydrogen-bond donors (Lipinski definition) is 1. The summed E-state index contributed by atoms with van der Waals surface area (Å²) in [5.41, 5.74) is 2.94. The van der Waals surface area contributed by atoms with Crippen molar-refractivity contribution in [3.63, 3.8) is 0 Å². The molecule has 18 heavy (non-hydrogen) atoms. The Kier molecular flexibility index (Phi) is 3.72. The molecule has 0 radical (unpaired) electrons. The highest BCUT2D eigenvalue weighted by atomic mass is 16.5. The van der Waals surface area contributed by atoms with Crippen LogP contribution in [0.4, 0.5) is 0 Å². The van der Waals surface area contributed by atoms with Gasteiger partial charge >= 0.3 is 5.97 Å². The molecule has 0 heterocycles. The molecule has 3 heteroatoms. The standard InChI is InChI=1S/C15H17O3/c1-3-18-15(17)13-9-12(10(2)14(13)16)11-7-5-4-6-8-11/h4-8,13-14,16H,1,3,9H2,2H3/q+1/t13-,14-/m1/s1. The Hall–Kier alpha value is -1.74. The van der Waals surface area contributed by atoms with Gasteiger partial charge in [0, 0.05) is 0 Å². The molecule has 0 bridgehead atoms. The molecule has 0 saturated carbocycles. The predicted octanol–water partition coefficient (Wildman–Crippen LogP) is 2.22. The second-order valence-electron chi connectivity index (χ2n) is 4.45. The van der Waals surface area contributed by atoms with Crippen molar-refractivity contribution >= 4 is 11.5 Å². The van der Waals surface area contributed by atoms with E-state index in [0.29, 0.717) is 6.42 Å². The fraction of sp³-hybridized carbons (Fsp3) is 0.333. The lowest BCUT2D eigenvalue weighted by Crippen LogP contribution is -2.26. The normalized spacial score (nSPS) is 23.2. The number of carbonyl (C=O) groups excluding carboxylic acids is 1. The van der Waals surface area contributed by atoms with Crippen molar-refractivity contribution in [2.75, 3.05) is 6.61 Å². The Morgan fingerprint density at radius 1 is 1.44 bits per heavy atom. The lowest BCUT2D eigenvalue weighted by molar-refractivity contribution is -0.149. The molecular formula is C15H17O3+. The number of aliphatic hydroxyl groups excluding tert-OH is 1. The first-order valence-electron chi connectivity index (χ1n) is 6.04. The van der Waals surface area contributed by atoms with Crippen LogP contribution in [0.25, 0.3) is 5.57 Å². The SMILES string of the molecule is [CH2+]COC(=O)[C@@H]1CC(c2ccccc2)=C(C)[C@H]1O. The van der Waals surface area contributed by atoms with Gasteiger partial charge in [-0.15, -0.1) is 0 Å². The molecular weight excluding hydrogens is 228 g/mol. The van der Waals surface area contributed by atoms with Crippen LogP contribution >= 0.6 is 0 Å². The van der Waals surface area contributed by atoms with Gasteiger partial charge in [0.25, 0.3) is 0 Å². The molecule has 1 aromatic rings. The largest absolute Gasteiger partial charge is 0.423 e. The molecule has 3 nitrogen and oxygen atoms in total. The summed E-state index contributed by atoms with van der Waals surface area (Å²) in [6, 6.07) is 9.81. The average Bonchev–Trinajstić information content (AvgIpc) is 2.68. The van der Waals surface area contributed by atoms with E-state index in [1.807, 2.05) is 37.3 Å². The zero-order chi connectivity index (χ0) is 13.1. The topological polar surface area (TPSA) is 46.5 Å². The fourth-order valence-electron chi connectivity index (χ4n) is 2.38. The molecule has 0 unspecified atom stereocenters. The van der Waals surface area contributed by atoms with Crippen LogP contribution in [0.2, 0.25) is 0 Å². The van der Waals surface area contributed by atoms with Crippen LogP contribution < -0.4 is 0 Å². The van der Waals surface area contributed by atoms with Crippen LogP contribution in [0.1, 0.15) is 18.9 Å². The van der Waals surface area contributed by atoms with E-state index in [1.54, 1.807) is 0 Å². The summed E-state index contributed by atoms with van der Waals surface area (Å²) in [7, 11) is 0. The molecule has 2 rings (SSSR count). The molecule has 1 aliphatic carbocycles. The third-order valence-corrected chi connectivity index (χ3v) is 3.39. The van der Waals surface area contributed by atoms with E-state index in [0.717, 1.165) is 16.7 Å². The first-order chi connectivity index (χ1) is 8.65. The van der Waals surface area contributed by atoms with Gasteiger partial charge < -0.3 is 9.84 Å². The lowest BCUT2D eigenvalue weighted by atomic mass is 10.0. The highest BCUT2D eigenvalue weighted by molar-refractivity contribution is 5.82. The summed E-state index contributed by atoms with van der Waals surface area (Å²) in [5, 5.41) is 10.1. The molecule has 1 aromatic carbocycles. The van der Waals surface area contributed by atoms with E-state index in [2.05, 4.69) is 6.92 Å². The van der Waals surface area contributed by atoms with Gasteiger partial charge in [-0.05, 0) is 30.1 Å². The first kappa shape index (κ1) is 12.7. The monoisotopic (exact) mass is 245 g/mol. The van der Waals surface area contributed by atoms with Crippen LogP contribution in [-0.4, -0.2) is 23.8 Å². The first-order valence-corrected chi connectivity index (χ1v) is 6.04. The third kappa shape index (κ3) is 2.27. The molecule has 0 amide bonds. The van der Waals surface area contributed by atoms with Gasteiger partial charge in [0.15, 0.2) is 0 Å². The summed E-state index contributed by atoms with van der Waals surface area (Å²) >= 11 is 0. The minimum absolute atomic E-state index is 0.0990. The van der Waals surface area contributed by atoms with E-state index < -0.39 is 12.0 Å². The van der Waals surface area contributed by atoms with Crippen LogP contribution in [-0.2, 0) is 9.53 Å². The summed E-state index contributed by atoms with van der Waals surface area (Å²) < 4.78 is 4.89. The molecule has 0 aliphatic heterocycles. The van der Waals surface area contributed by atoms with Crippen molar-refractivity contribution in [2.45, 2.75) is 19.4 Å². The van der Waals surface area contributed by atoms with E-state index in [4.69, 9.17) is 4.74 Å². The number of carbonyl (C=O) groups is 1. The zero-order valence-electron chi connectivity index (χ0n) is 10.4. The van der Waals surface area contributed by atoms with Gasteiger partial charge in [0.05, 0.1) is 12.0 Å². The molecule has 2 atom stereocenters. The Morgan fingerprint density at radius 3 is 2.72 bits per heavy atom. The third-order valence-electron chi connectivity index (χ3n) is 3.39. The lowest BCUT2D eigenvalue weighted by Gasteiger charge is -2.12. The average molecular weight is 245 g/mol. The van der Waals surface area contributed by atoms with E-state index in [9.17, 15) is 9.90 Å². The molecule has 0 fully saturated rings. The maximum Gasteiger partial charge on any atom is 0.315 e. The van der Waals surface area contributed by atoms with Crippen LogP contribution in [0, 0.1) is 12.8 Å². The van der Waals surface area contributed by atoms with Crippen molar-refractivity contribution in [3.8, 4) is 0 Å². The number of benzene rings is 1. The molecule has 0 saturated heterocycles. The summed E-state index contributed by atoms with van der Waals surface area (Å²) in [4.78, 5) is 11.7. The maximum atomic E-state index is 11.7. The number of ether oxygens (including phenoxy) is 1. The second-order valence-corrected chi connectivity index (χ2v) is 4.45. The van der Waals surface area contributed by atoms with E-state index in [1.165, 1.54) is 0 Å². The number of allylic oxidation sites excluding steroid dienone is 1. The van der Waals surface area contributed by atoms with E-state index in [-0.39, 0.29) is 12.6 Å². The van der Waals surface area contributed by atoms with Crippen LogP contribution in [0.5, 0.6) is 0 Å². The minimum atomic E-state index is -0.751. The minimum Gasteiger partial charge on any atom is -0.423 e. The zero-order valence-corrected chi connectivity index (χ0v) is 10.4. The quantitative estimate of drug-likeness (QED) is 0.656. The Labute approximate surface area is 107 Å². The maximum absolute atomic E-state index is 11.7. The Balaban J connectivity index is 2.22. The van der Waals surface area contributed by atoms with Gasteiger partial charge in [0.1, 0.15) is 6.92 Å². The van der Waals surface area contributed by atoms with Gasteiger partial charge in [0.2, 0.25) is 6.61 Å². The van der Waals surface area contributed by atoms with Crippen molar-refractivity contribution in [1.82, 2.24) is 0 Å². The number of esters is 1. The molecule has 1 aliphatic rings. The molecule has 1 N–H and O–H groups in total. The Bertz CT molecular complexity index is 462. The van der Waals surface area contributed by atoms with Crippen molar-refractivity contribution < 1.29 is 14.6 Å². The predicted molar refractivity (Wildman–Crippen MR) is 69.5 cm³/mol. The summed E-state index contributed by atoms with van der Waals surface area (Å²) in [5.74, 6) is -0.871. The van der Waals surface area contributed by atoms with Crippen molar-refractivity contribution in [1.29, 1.82) is 0 Å². The molecule has 94 valence electrons. The van der Waals surface area contributed by atoms with E-state index >= 15 is 0 Å². The van der Waals surface area contributed by atoms with Gasteiger partial charge in [-0.3, -0.25) is 4.79 Å². The smallest absolute Gasteiger partial charge is 0.315 e. The van der Waals surface area contributed by atoms with Crippen LogP contribution in [0.3, 0.4) is 0 Å². The summed E-state index contributed by atoms with van der Waals surface area (Å²) in [6.45, 7) is 5.44. The van der Waals surface area contributed by atoms with Crippen molar-refractivity contribution in [3.05, 3.63) is 48.4 Å². The highest BCUT2D eigenvalue weighted by Crippen LogP contribution is 2.38. The molecule has 0 spiro atoms. The van der Waals surface area contributed by atoms with Gasteiger partial charge in [-0.2, -0.15) is 0 Å². The Morgan fingerprint density at radius 2 is 2.11 bits per heavy atom. The van der Waals surface area contributed by atoms with Crippen LogP contribution in [0.15, 0.2) is 35.9 Å². The fourth-order valence-corrected chi connectivity index (χ4v) is 2.38. The number of hydrogen-bond acceptors (Lipinski definition) is 3. The molecule has 0 aromatic heterocycles. The van der Waals surface area contributed by atoms with Gasteiger partial charge in [-0.25, -0.2) is 0 Å². The van der Waals surface area contributed by atoms with Crippen molar-refractivity contribution in [2.24, 2.45) is 5.92 Å². The highest BCUT2D eigenvalue weighted by Gasteiger charge is 2.37. The summed E-state index contributed by atoms with van der Waals surface area (Å²) in [6.07, 6.45) is -0.227.